The number of hydrogen-bond acceptors (Lipinski definition) is 2. The van der Waals surface area contributed by atoms with Gasteiger partial charge in [-0.3, -0.25) is 4.55 Å². The zero-order valence-electron chi connectivity index (χ0n) is 7.03. The first-order valence-corrected chi connectivity index (χ1v) is 5.01. The van der Waals surface area contributed by atoms with E-state index in [1.54, 1.807) is 6.08 Å². The second-order valence-electron chi connectivity index (χ2n) is 2.59. The maximum atomic E-state index is 10.5. The molecule has 0 aromatic rings. The van der Waals surface area contributed by atoms with E-state index in [4.69, 9.17) is 4.55 Å². The van der Waals surface area contributed by atoms with E-state index < -0.39 is 15.4 Å². The lowest BCUT2D eigenvalue weighted by atomic mass is 10.2. The highest BCUT2D eigenvalue weighted by molar-refractivity contribution is 7.86. The molecule has 0 saturated heterocycles. The number of rotatable bonds is 3. The van der Waals surface area contributed by atoms with Crippen molar-refractivity contribution in [2.24, 2.45) is 0 Å². The van der Waals surface area contributed by atoms with Gasteiger partial charge in [0.05, 0.1) is 0 Å². The zero-order chi connectivity index (χ0) is 9.07. The molecule has 4 heteroatoms. The van der Waals surface area contributed by atoms with Crippen molar-refractivity contribution in [3.05, 3.63) is 11.6 Å². The average Bonchev–Trinajstić information content (AvgIpc) is 1.85. The third-order valence-electron chi connectivity index (χ3n) is 1.55. The van der Waals surface area contributed by atoms with Crippen molar-refractivity contribution in [2.45, 2.75) is 32.4 Å². The fourth-order valence-corrected chi connectivity index (χ4v) is 1.01. The summed E-state index contributed by atoms with van der Waals surface area (Å²) in [5.41, 5.74) is 0.968. The van der Waals surface area contributed by atoms with Crippen LogP contribution in [0.1, 0.15) is 27.2 Å². The SMILES string of the molecule is CC/C(C)=C/C(C)S(=O)(=O)O. The van der Waals surface area contributed by atoms with Gasteiger partial charge in [-0.15, -0.1) is 0 Å². The Morgan fingerprint density at radius 3 is 2.36 bits per heavy atom. The molecule has 0 amide bonds. The molecule has 0 aliphatic heterocycles. The molecule has 1 N–H and O–H groups in total. The molecule has 0 heterocycles. The summed E-state index contributed by atoms with van der Waals surface area (Å²) in [6, 6.07) is 0. The minimum absolute atomic E-state index is 0.789. The maximum Gasteiger partial charge on any atom is 0.271 e. The van der Waals surface area contributed by atoms with Gasteiger partial charge in [-0.2, -0.15) is 8.42 Å². The van der Waals surface area contributed by atoms with Crippen molar-refractivity contribution in [2.75, 3.05) is 0 Å². The molecule has 11 heavy (non-hydrogen) atoms. The Labute approximate surface area is 67.9 Å². The van der Waals surface area contributed by atoms with E-state index in [1.165, 1.54) is 6.92 Å². The molecule has 3 nitrogen and oxygen atoms in total. The lowest BCUT2D eigenvalue weighted by molar-refractivity contribution is 0.477. The van der Waals surface area contributed by atoms with E-state index >= 15 is 0 Å². The number of allylic oxidation sites excluding steroid dienone is 1. The van der Waals surface area contributed by atoms with Crippen LogP contribution < -0.4 is 0 Å². The Bertz CT molecular complexity index is 238. The molecule has 0 saturated carbocycles. The van der Waals surface area contributed by atoms with E-state index in [0.29, 0.717) is 0 Å². The van der Waals surface area contributed by atoms with Crippen LogP contribution in [0.15, 0.2) is 11.6 Å². The third kappa shape index (κ3) is 4.16. The summed E-state index contributed by atoms with van der Waals surface area (Å²) < 4.78 is 29.5. The standard InChI is InChI=1S/C7H14O3S/c1-4-6(2)5-7(3)11(8,9)10/h5,7H,4H2,1-3H3,(H,8,9,10)/b6-5+. The molecule has 0 fully saturated rings. The summed E-state index contributed by atoms with van der Waals surface area (Å²) in [6.07, 6.45) is 2.36. The average molecular weight is 178 g/mol. The van der Waals surface area contributed by atoms with Crippen molar-refractivity contribution >= 4 is 10.1 Å². The second-order valence-corrected chi connectivity index (χ2v) is 4.36. The van der Waals surface area contributed by atoms with E-state index in [1.807, 2.05) is 13.8 Å². The first-order valence-electron chi connectivity index (χ1n) is 3.51. The normalized spacial score (nSPS) is 16.5. The van der Waals surface area contributed by atoms with Crippen LogP contribution in [0, 0.1) is 0 Å². The van der Waals surface area contributed by atoms with Gasteiger partial charge in [-0.1, -0.05) is 18.6 Å². The first kappa shape index (κ1) is 10.7. The van der Waals surface area contributed by atoms with Gasteiger partial charge in [0.25, 0.3) is 10.1 Å². The molecule has 1 atom stereocenters. The molecule has 0 aromatic heterocycles. The van der Waals surface area contributed by atoms with Gasteiger partial charge < -0.3 is 0 Å². The van der Waals surface area contributed by atoms with Gasteiger partial charge in [0, 0.05) is 0 Å². The third-order valence-corrected chi connectivity index (χ3v) is 2.62. The molecule has 0 aliphatic carbocycles. The van der Waals surface area contributed by atoms with Crippen LogP contribution in [0.3, 0.4) is 0 Å². The first-order chi connectivity index (χ1) is 4.88. The summed E-state index contributed by atoms with van der Waals surface area (Å²) in [5, 5.41) is -0.789. The van der Waals surface area contributed by atoms with Crippen LogP contribution in [0.5, 0.6) is 0 Å². The fraction of sp³-hybridized carbons (Fsp3) is 0.714. The highest BCUT2D eigenvalue weighted by Gasteiger charge is 2.13. The molecule has 0 bridgehead atoms. The van der Waals surface area contributed by atoms with Gasteiger partial charge in [-0.05, 0) is 20.3 Å². The minimum Gasteiger partial charge on any atom is -0.285 e. The van der Waals surface area contributed by atoms with Gasteiger partial charge in [-0.25, -0.2) is 0 Å². The van der Waals surface area contributed by atoms with E-state index in [-0.39, 0.29) is 0 Å². The van der Waals surface area contributed by atoms with Crippen LogP contribution in [0.25, 0.3) is 0 Å². The van der Waals surface area contributed by atoms with E-state index in [2.05, 4.69) is 0 Å². The largest absolute Gasteiger partial charge is 0.285 e. The summed E-state index contributed by atoms with van der Waals surface area (Å²) >= 11 is 0. The summed E-state index contributed by atoms with van der Waals surface area (Å²) in [7, 11) is -3.88. The topological polar surface area (TPSA) is 54.4 Å². The molecular weight excluding hydrogens is 164 g/mol. The highest BCUT2D eigenvalue weighted by atomic mass is 32.2. The summed E-state index contributed by atoms with van der Waals surface area (Å²) in [4.78, 5) is 0. The Morgan fingerprint density at radius 2 is 2.09 bits per heavy atom. The van der Waals surface area contributed by atoms with Crippen LogP contribution in [-0.2, 0) is 10.1 Å². The molecular formula is C7H14O3S. The smallest absolute Gasteiger partial charge is 0.271 e. The van der Waals surface area contributed by atoms with Crippen molar-refractivity contribution in [1.29, 1.82) is 0 Å². The second kappa shape index (κ2) is 3.88. The molecule has 0 rings (SSSR count). The van der Waals surface area contributed by atoms with Gasteiger partial charge >= 0.3 is 0 Å². The zero-order valence-corrected chi connectivity index (χ0v) is 7.85. The van der Waals surface area contributed by atoms with Crippen LogP contribution in [0.4, 0.5) is 0 Å². The van der Waals surface area contributed by atoms with Crippen molar-refractivity contribution in [3.63, 3.8) is 0 Å². The van der Waals surface area contributed by atoms with Crippen molar-refractivity contribution in [1.82, 2.24) is 0 Å². The van der Waals surface area contributed by atoms with Crippen molar-refractivity contribution < 1.29 is 13.0 Å². The van der Waals surface area contributed by atoms with Crippen LogP contribution in [-0.4, -0.2) is 18.2 Å². The summed E-state index contributed by atoms with van der Waals surface area (Å²) in [5.74, 6) is 0. The maximum absolute atomic E-state index is 10.5. The Kier molecular flexibility index (Phi) is 3.75. The predicted molar refractivity (Wildman–Crippen MR) is 45.1 cm³/mol. The Balaban J connectivity index is 4.42. The predicted octanol–water partition coefficient (Wildman–Crippen LogP) is 1.62. The van der Waals surface area contributed by atoms with Gasteiger partial charge in [0.2, 0.25) is 0 Å². The van der Waals surface area contributed by atoms with Crippen LogP contribution in [0.2, 0.25) is 0 Å². The quantitative estimate of drug-likeness (QED) is 0.527. The molecule has 0 spiro atoms. The molecule has 0 aromatic carbocycles. The van der Waals surface area contributed by atoms with E-state index in [9.17, 15) is 8.42 Å². The fourth-order valence-electron chi connectivity index (χ4n) is 0.605. The van der Waals surface area contributed by atoms with Crippen LogP contribution >= 0.6 is 0 Å². The highest BCUT2D eigenvalue weighted by Crippen LogP contribution is 2.05. The Hall–Kier alpha value is -0.350. The number of hydrogen-bond donors (Lipinski definition) is 1. The summed E-state index contributed by atoms with van der Waals surface area (Å²) in [6.45, 7) is 5.22. The molecule has 66 valence electrons. The van der Waals surface area contributed by atoms with Crippen molar-refractivity contribution in [3.8, 4) is 0 Å². The molecule has 0 radical (unpaired) electrons. The van der Waals surface area contributed by atoms with Gasteiger partial charge in [0.1, 0.15) is 5.25 Å². The minimum atomic E-state index is -3.88. The monoisotopic (exact) mass is 178 g/mol. The molecule has 1 unspecified atom stereocenters. The lowest BCUT2D eigenvalue weighted by Gasteiger charge is -2.02. The Morgan fingerprint density at radius 1 is 1.64 bits per heavy atom. The molecule has 0 aliphatic rings. The van der Waals surface area contributed by atoms with Gasteiger partial charge in [0.15, 0.2) is 0 Å². The van der Waals surface area contributed by atoms with E-state index in [0.717, 1.165) is 12.0 Å². The lowest BCUT2D eigenvalue weighted by Crippen LogP contribution is -2.13.